The highest BCUT2D eigenvalue weighted by Gasteiger charge is 2.11. The van der Waals surface area contributed by atoms with E-state index in [1.807, 2.05) is 24.3 Å². The van der Waals surface area contributed by atoms with Gasteiger partial charge in [0.05, 0.1) is 12.5 Å². The highest BCUT2D eigenvalue weighted by molar-refractivity contribution is 14.1. The number of aliphatic hydroxyl groups excluding tert-OH is 1. The number of halogens is 1. The summed E-state index contributed by atoms with van der Waals surface area (Å²) in [4.78, 5) is 13.3. The van der Waals surface area contributed by atoms with Crippen molar-refractivity contribution in [3.8, 4) is 0 Å². The topological polar surface area (TPSA) is 40.5 Å². The Morgan fingerprint density at radius 1 is 1.44 bits per heavy atom. The Kier molecular flexibility index (Phi) is 5.21. The average molecular weight is 333 g/mol. The molecule has 1 amide bonds. The van der Waals surface area contributed by atoms with Crippen molar-refractivity contribution in [3.05, 3.63) is 33.4 Å². The molecular formula is C12H16INO2. The lowest BCUT2D eigenvalue weighted by Crippen LogP contribution is -2.34. The highest BCUT2D eigenvalue weighted by Crippen LogP contribution is 2.08. The van der Waals surface area contributed by atoms with E-state index >= 15 is 0 Å². The van der Waals surface area contributed by atoms with Crippen molar-refractivity contribution in [1.29, 1.82) is 0 Å². The zero-order chi connectivity index (χ0) is 12.1. The minimum atomic E-state index is -0.481. The molecular weight excluding hydrogens is 317 g/mol. The number of aliphatic hydroxyl groups is 1. The summed E-state index contributed by atoms with van der Waals surface area (Å²) in [6.07, 6.45) is -0.0918. The predicted octanol–water partition coefficient (Wildman–Crippen LogP) is 1.67. The van der Waals surface area contributed by atoms with E-state index in [4.69, 9.17) is 0 Å². The lowest BCUT2D eigenvalue weighted by atomic mass is 10.1. The fourth-order valence-corrected chi connectivity index (χ4v) is 1.77. The SMILES string of the molecule is CC(O)CN(C)C(=O)Cc1ccc(I)cc1. The Bertz CT molecular complexity index is 349. The number of benzene rings is 1. The summed E-state index contributed by atoms with van der Waals surface area (Å²) in [7, 11) is 1.71. The molecule has 1 unspecified atom stereocenters. The molecule has 0 fully saturated rings. The standard InChI is InChI=1S/C12H16INO2/c1-9(15)8-14(2)12(16)7-10-3-5-11(13)6-4-10/h3-6,9,15H,7-8H2,1-2H3. The third-order valence-corrected chi connectivity index (χ3v) is 2.95. The first kappa shape index (κ1) is 13.4. The normalized spacial score (nSPS) is 12.2. The Morgan fingerprint density at radius 3 is 2.50 bits per heavy atom. The van der Waals surface area contributed by atoms with Gasteiger partial charge in [-0.25, -0.2) is 0 Å². The maximum Gasteiger partial charge on any atom is 0.226 e. The van der Waals surface area contributed by atoms with Gasteiger partial charge in [0.2, 0.25) is 5.91 Å². The maximum absolute atomic E-state index is 11.7. The number of likely N-dealkylation sites (N-methyl/N-ethyl adjacent to an activating group) is 1. The summed E-state index contributed by atoms with van der Waals surface area (Å²) in [5.74, 6) is 0.0297. The Morgan fingerprint density at radius 2 is 2.00 bits per heavy atom. The first-order valence-corrected chi connectivity index (χ1v) is 6.23. The molecule has 0 aliphatic rings. The molecule has 0 aromatic heterocycles. The van der Waals surface area contributed by atoms with E-state index < -0.39 is 6.10 Å². The Hall–Kier alpha value is -0.620. The summed E-state index contributed by atoms with van der Waals surface area (Å²) < 4.78 is 1.16. The lowest BCUT2D eigenvalue weighted by molar-refractivity contribution is -0.130. The molecule has 0 heterocycles. The van der Waals surface area contributed by atoms with Crippen LogP contribution in [0.5, 0.6) is 0 Å². The maximum atomic E-state index is 11.7. The molecule has 16 heavy (non-hydrogen) atoms. The third kappa shape index (κ3) is 4.49. The van der Waals surface area contributed by atoms with Gasteiger partial charge in [-0.1, -0.05) is 12.1 Å². The van der Waals surface area contributed by atoms with Crippen LogP contribution in [0.3, 0.4) is 0 Å². The quantitative estimate of drug-likeness (QED) is 0.852. The zero-order valence-corrected chi connectivity index (χ0v) is 11.6. The summed E-state index contributed by atoms with van der Waals surface area (Å²) in [5.41, 5.74) is 1.00. The van der Waals surface area contributed by atoms with Gasteiger partial charge < -0.3 is 10.0 Å². The van der Waals surface area contributed by atoms with Crippen molar-refractivity contribution in [2.24, 2.45) is 0 Å². The first-order valence-electron chi connectivity index (χ1n) is 5.15. The van der Waals surface area contributed by atoms with Crippen LogP contribution in [0.4, 0.5) is 0 Å². The highest BCUT2D eigenvalue weighted by atomic mass is 127. The number of nitrogens with zero attached hydrogens (tertiary/aromatic N) is 1. The molecule has 1 rings (SSSR count). The van der Waals surface area contributed by atoms with Crippen LogP contribution in [0.25, 0.3) is 0 Å². The van der Waals surface area contributed by atoms with Crippen LogP contribution in [0, 0.1) is 3.57 Å². The van der Waals surface area contributed by atoms with E-state index in [2.05, 4.69) is 22.6 Å². The number of amides is 1. The van der Waals surface area contributed by atoms with E-state index in [0.717, 1.165) is 9.13 Å². The lowest BCUT2D eigenvalue weighted by Gasteiger charge is -2.18. The van der Waals surface area contributed by atoms with Crippen molar-refractivity contribution in [3.63, 3.8) is 0 Å². The molecule has 1 N–H and O–H groups in total. The van der Waals surface area contributed by atoms with Gasteiger partial charge in [-0.15, -0.1) is 0 Å². The molecule has 0 aliphatic carbocycles. The third-order valence-electron chi connectivity index (χ3n) is 2.23. The fourth-order valence-electron chi connectivity index (χ4n) is 1.41. The second kappa shape index (κ2) is 6.20. The number of carbonyl (C=O) groups excluding carboxylic acids is 1. The summed E-state index contributed by atoms with van der Waals surface area (Å²) >= 11 is 2.23. The van der Waals surface area contributed by atoms with Gasteiger partial charge in [0.1, 0.15) is 0 Å². The largest absolute Gasteiger partial charge is 0.392 e. The number of hydrogen-bond donors (Lipinski definition) is 1. The summed E-state index contributed by atoms with van der Waals surface area (Å²) in [6.45, 7) is 2.05. The molecule has 0 bridgehead atoms. The minimum Gasteiger partial charge on any atom is -0.392 e. The van der Waals surface area contributed by atoms with Gasteiger partial charge in [-0.2, -0.15) is 0 Å². The van der Waals surface area contributed by atoms with Crippen LogP contribution in [0.2, 0.25) is 0 Å². The zero-order valence-electron chi connectivity index (χ0n) is 9.48. The molecule has 3 nitrogen and oxygen atoms in total. The van der Waals surface area contributed by atoms with Crippen LogP contribution in [-0.4, -0.2) is 35.6 Å². The second-order valence-electron chi connectivity index (χ2n) is 3.93. The number of hydrogen-bond acceptors (Lipinski definition) is 2. The number of carbonyl (C=O) groups is 1. The molecule has 0 aliphatic heterocycles. The van der Waals surface area contributed by atoms with E-state index in [0.29, 0.717) is 13.0 Å². The van der Waals surface area contributed by atoms with Gasteiger partial charge in [0, 0.05) is 17.2 Å². The van der Waals surface area contributed by atoms with Crippen molar-refractivity contribution < 1.29 is 9.90 Å². The molecule has 0 spiro atoms. The monoisotopic (exact) mass is 333 g/mol. The van der Waals surface area contributed by atoms with Gasteiger partial charge in [-0.05, 0) is 47.2 Å². The van der Waals surface area contributed by atoms with E-state index in [1.165, 1.54) is 0 Å². The molecule has 1 aromatic carbocycles. The predicted molar refractivity (Wildman–Crippen MR) is 72.2 cm³/mol. The second-order valence-corrected chi connectivity index (χ2v) is 5.17. The molecule has 4 heteroatoms. The van der Waals surface area contributed by atoms with Gasteiger partial charge >= 0.3 is 0 Å². The fraction of sp³-hybridized carbons (Fsp3) is 0.417. The van der Waals surface area contributed by atoms with Gasteiger partial charge in [0.25, 0.3) is 0 Å². The van der Waals surface area contributed by atoms with E-state index in [-0.39, 0.29) is 5.91 Å². The molecule has 0 saturated carbocycles. The van der Waals surface area contributed by atoms with Crippen molar-refractivity contribution in [2.75, 3.05) is 13.6 Å². The Labute approximate surface area is 110 Å². The van der Waals surface area contributed by atoms with E-state index in [1.54, 1.807) is 18.9 Å². The molecule has 0 radical (unpaired) electrons. The number of rotatable bonds is 4. The molecule has 0 saturated heterocycles. The molecule has 1 atom stereocenters. The van der Waals surface area contributed by atoms with Crippen molar-refractivity contribution in [2.45, 2.75) is 19.4 Å². The van der Waals surface area contributed by atoms with Gasteiger partial charge in [-0.3, -0.25) is 4.79 Å². The van der Waals surface area contributed by atoms with Crippen LogP contribution in [-0.2, 0) is 11.2 Å². The molecule has 88 valence electrons. The van der Waals surface area contributed by atoms with Crippen LogP contribution < -0.4 is 0 Å². The van der Waals surface area contributed by atoms with Gasteiger partial charge in [0.15, 0.2) is 0 Å². The average Bonchev–Trinajstić information content (AvgIpc) is 2.20. The first-order chi connectivity index (χ1) is 7.49. The smallest absolute Gasteiger partial charge is 0.226 e. The minimum absolute atomic E-state index is 0.0297. The van der Waals surface area contributed by atoms with Crippen molar-refractivity contribution >= 4 is 28.5 Å². The van der Waals surface area contributed by atoms with Crippen LogP contribution in [0.15, 0.2) is 24.3 Å². The van der Waals surface area contributed by atoms with Crippen LogP contribution >= 0.6 is 22.6 Å². The summed E-state index contributed by atoms with van der Waals surface area (Å²) in [6, 6.07) is 7.88. The van der Waals surface area contributed by atoms with Crippen molar-refractivity contribution in [1.82, 2.24) is 4.90 Å². The Balaban J connectivity index is 2.54. The van der Waals surface area contributed by atoms with Crippen LogP contribution in [0.1, 0.15) is 12.5 Å². The summed E-state index contributed by atoms with van der Waals surface area (Å²) in [5, 5.41) is 9.18. The molecule has 1 aromatic rings. The van der Waals surface area contributed by atoms with E-state index in [9.17, 15) is 9.90 Å².